The molecule has 178 valence electrons. The highest BCUT2D eigenvalue weighted by molar-refractivity contribution is 6.12. The minimum Gasteiger partial charge on any atom is -0.359 e. The third-order valence-corrected chi connectivity index (χ3v) is 8.03. The molecule has 0 aromatic heterocycles. The molecule has 2 heteroatoms. The minimum absolute atomic E-state index is 0.0400. The van der Waals surface area contributed by atoms with Crippen LogP contribution in [0, 0.1) is 11.8 Å². The van der Waals surface area contributed by atoms with Gasteiger partial charge in [-0.05, 0) is 53.0 Å². The normalized spacial score (nSPS) is 20.4. The highest BCUT2D eigenvalue weighted by atomic mass is 16.6. The maximum atomic E-state index is 13.6. The van der Waals surface area contributed by atoms with Crippen LogP contribution in [0.4, 0.5) is 0 Å². The van der Waals surface area contributed by atoms with Crippen molar-refractivity contribution in [1.82, 2.24) is 0 Å². The lowest BCUT2D eigenvalue weighted by atomic mass is 9.82. The second-order valence-electron chi connectivity index (χ2n) is 10.3. The zero-order valence-corrected chi connectivity index (χ0v) is 21.2. The predicted molar refractivity (Wildman–Crippen MR) is 137 cm³/mol. The summed E-state index contributed by atoms with van der Waals surface area (Å²) < 4.78 is 6.15. The molecule has 4 atom stereocenters. The Morgan fingerprint density at radius 3 is 1.94 bits per heavy atom. The number of carbonyl (C=O) groups excluding carboxylic acids is 1. The fourth-order valence-corrected chi connectivity index (χ4v) is 5.71. The fourth-order valence-electron chi connectivity index (χ4n) is 5.71. The molecule has 4 unspecified atom stereocenters. The quantitative estimate of drug-likeness (QED) is 0.306. The Labute approximate surface area is 201 Å². The van der Waals surface area contributed by atoms with Crippen molar-refractivity contribution < 1.29 is 9.53 Å². The van der Waals surface area contributed by atoms with Gasteiger partial charge >= 0.3 is 0 Å². The van der Waals surface area contributed by atoms with Crippen LogP contribution in [0.5, 0.6) is 0 Å². The zero-order chi connectivity index (χ0) is 23.4. The summed E-state index contributed by atoms with van der Waals surface area (Å²) in [5, 5.41) is 0. The van der Waals surface area contributed by atoms with E-state index in [9.17, 15) is 4.79 Å². The van der Waals surface area contributed by atoms with E-state index in [1.807, 2.05) is 18.2 Å². The second kappa shape index (κ2) is 11.0. The summed E-state index contributed by atoms with van der Waals surface area (Å²) in [7, 11) is 0. The zero-order valence-electron chi connectivity index (χ0n) is 21.2. The van der Waals surface area contributed by atoms with Crippen LogP contribution in [0.2, 0.25) is 0 Å². The van der Waals surface area contributed by atoms with Crippen LogP contribution in [-0.2, 0) is 17.6 Å². The lowest BCUT2D eigenvalue weighted by Gasteiger charge is -2.22. The van der Waals surface area contributed by atoms with E-state index in [1.165, 1.54) is 62.5 Å². The van der Waals surface area contributed by atoms with Crippen molar-refractivity contribution in [1.29, 1.82) is 0 Å². The number of unbranched alkanes of at least 4 members (excludes halogenated alkanes) is 2. The molecule has 2 aromatic rings. The SMILES string of the molecule is CCCCC(CC)Cc1cc2c(cc1CC(CC)CCCC)C1OC1c1ccccc1C2=O. The first kappa shape index (κ1) is 24.2. The first-order valence-electron chi connectivity index (χ1n) is 13.6. The van der Waals surface area contributed by atoms with Crippen molar-refractivity contribution in [2.45, 2.75) is 104 Å². The van der Waals surface area contributed by atoms with Crippen LogP contribution in [0.25, 0.3) is 0 Å². The average molecular weight is 447 g/mol. The second-order valence-corrected chi connectivity index (χ2v) is 10.3. The van der Waals surface area contributed by atoms with Gasteiger partial charge in [-0.3, -0.25) is 4.79 Å². The Morgan fingerprint density at radius 2 is 1.33 bits per heavy atom. The van der Waals surface area contributed by atoms with E-state index >= 15 is 0 Å². The van der Waals surface area contributed by atoms with Gasteiger partial charge in [-0.15, -0.1) is 0 Å². The van der Waals surface area contributed by atoms with Crippen LogP contribution < -0.4 is 0 Å². The molecule has 2 nitrogen and oxygen atoms in total. The molecule has 0 radical (unpaired) electrons. The molecule has 1 fully saturated rings. The molecule has 0 N–H and O–H groups in total. The standard InChI is InChI=1S/C31H42O2/c1-5-9-13-21(7-3)17-23-19-27-28(20-24(23)18-22(8-4)14-10-6-2)31-30(33-31)26-16-12-11-15-25(26)29(27)32/h11-12,15-16,19-22,30-31H,5-10,13-14,17-18H2,1-4H3. The third-order valence-electron chi connectivity index (χ3n) is 8.03. The topological polar surface area (TPSA) is 29.6 Å². The predicted octanol–water partition coefficient (Wildman–Crippen LogP) is 8.56. The van der Waals surface area contributed by atoms with Crippen molar-refractivity contribution in [2.24, 2.45) is 11.8 Å². The van der Waals surface area contributed by atoms with Crippen LogP contribution in [0.3, 0.4) is 0 Å². The van der Waals surface area contributed by atoms with Gasteiger partial charge in [-0.25, -0.2) is 0 Å². The van der Waals surface area contributed by atoms with E-state index in [2.05, 4.69) is 45.9 Å². The van der Waals surface area contributed by atoms with Crippen LogP contribution in [-0.4, -0.2) is 5.78 Å². The molecule has 4 rings (SSSR count). The Morgan fingerprint density at radius 1 is 0.758 bits per heavy atom. The van der Waals surface area contributed by atoms with Gasteiger partial charge in [0.05, 0.1) is 0 Å². The smallest absolute Gasteiger partial charge is 0.193 e. The average Bonchev–Trinajstić information content (AvgIpc) is 3.65. The minimum atomic E-state index is 0.0400. The molecule has 0 saturated carbocycles. The van der Waals surface area contributed by atoms with E-state index in [0.29, 0.717) is 11.8 Å². The van der Waals surface area contributed by atoms with E-state index in [0.717, 1.165) is 35.1 Å². The van der Waals surface area contributed by atoms with Gasteiger partial charge in [-0.1, -0.05) is 109 Å². The summed E-state index contributed by atoms with van der Waals surface area (Å²) >= 11 is 0. The molecule has 0 amide bonds. The van der Waals surface area contributed by atoms with Gasteiger partial charge in [0.2, 0.25) is 0 Å². The van der Waals surface area contributed by atoms with E-state index in [-0.39, 0.29) is 18.0 Å². The molecule has 0 spiro atoms. The first-order chi connectivity index (χ1) is 16.1. The summed E-state index contributed by atoms with van der Waals surface area (Å²) in [6.45, 7) is 9.22. The Balaban J connectivity index is 1.73. The van der Waals surface area contributed by atoms with Crippen LogP contribution in [0.15, 0.2) is 36.4 Å². The lowest BCUT2D eigenvalue weighted by Crippen LogP contribution is -2.13. The Bertz CT molecular complexity index is 959. The van der Waals surface area contributed by atoms with Gasteiger partial charge in [0.15, 0.2) is 5.78 Å². The summed E-state index contributed by atoms with van der Waals surface area (Å²) in [5.74, 6) is 1.59. The maximum absolute atomic E-state index is 13.6. The number of epoxide rings is 1. The molecule has 2 aromatic carbocycles. The summed E-state index contributed by atoms with van der Waals surface area (Å²) in [6.07, 6.45) is 12.4. The summed E-state index contributed by atoms with van der Waals surface area (Å²) in [5.41, 5.74) is 6.80. The molecule has 1 saturated heterocycles. The van der Waals surface area contributed by atoms with Crippen molar-refractivity contribution in [3.63, 3.8) is 0 Å². The van der Waals surface area contributed by atoms with Gasteiger partial charge in [0.1, 0.15) is 12.2 Å². The number of ketones is 1. The van der Waals surface area contributed by atoms with E-state index in [4.69, 9.17) is 4.74 Å². The van der Waals surface area contributed by atoms with E-state index < -0.39 is 0 Å². The van der Waals surface area contributed by atoms with Crippen LogP contribution >= 0.6 is 0 Å². The molecular formula is C31H42O2. The lowest BCUT2D eigenvalue weighted by molar-refractivity contribution is 0.103. The summed E-state index contributed by atoms with van der Waals surface area (Å²) in [6, 6.07) is 12.7. The van der Waals surface area contributed by atoms with Crippen molar-refractivity contribution >= 4 is 5.78 Å². The van der Waals surface area contributed by atoms with Crippen molar-refractivity contribution in [3.05, 3.63) is 69.8 Å². The van der Waals surface area contributed by atoms with Gasteiger partial charge < -0.3 is 4.74 Å². The van der Waals surface area contributed by atoms with Gasteiger partial charge in [0.25, 0.3) is 0 Å². The molecule has 1 aliphatic carbocycles. The van der Waals surface area contributed by atoms with Gasteiger partial charge in [-0.2, -0.15) is 0 Å². The maximum Gasteiger partial charge on any atom is 0.193 e. The number of carbonyl (C=O) groups is 1. The monoisotopic (exact) mass is 446 g/mol. The number of ether oxygens (including phenoxy) is 1. The highest BCUT2D eigenvalue weighted by Gasteiger charge is 2.47. The fraction of sp³-hybridized carbons (Fsp3) is 0.581. The number of hydrogen-bond acceptors (Lipinski definition) is 2. The van der Waals surface area contributed by atoms with E-state index in [1.54, 1.807) is 0 Å². The largest absolute Gasteiger partial charge is 0.359 e. The molecule has 1 heterocycles. The Hall–Kier alpha value is -1.93. The number of benzene rings is 2. The van der Waals surface area contributed by atoms with Gasteiger partial charge in [0, 0.05) is 11.1 Å². The summed E-state index contributed by atoms with van der Waals surface area (Å²) in [4.78, 5) is 13.6. The third kappa shape index (κ3) is 5.27. The van der Waals surface area contributed by atoms with Crippen molar-refractivity contribution in [3.8, 4) is 0 Å². The number of rotatable bonds is 12. The number of hydrogen-bond donors (Lipinski definition) is 0. The Kier molecular flexibility index (Phi) is 8.07. The van der Waals surface area contributed by atoms with Crippen molar-refractivity contribution in [2.75, 3.05) is 0 Å². The first-order valence-corrected chi connectivity index (χ1v) is 13.6. The molecular weight excluding hydrogens is 404 g/mol. The molecule has 2 aliphatic rings. The van der Waals surface area contributed by atoms with Crippen LogP contribution in [0.1, 0.15) is 129 Å². The highest BCUT2D eigenvalue weighted by Crippen LogP contribution is 2.55. The molecule has 33 heavy (non-hydrogen) atoms. The molecule has 0 bridgehead atoms. The number of fused-ring (bicyclic) bond motifs is 5. The molecule has 1 aliphatic heterocycles.